The third-order valence-electron chi connectivity index (χ3n) is 3.06. The number of nitro benzene ring substituents is 1. The van der Waals surface area contributed by atoms with Gasteiger partial charge in [0.15, 0.2) is 0 Å². The molecule has 8 heteroatoms. The molecule has 0 atom stereocenters. The SMILES string of the molecule is O=C(O)CN(CC1CC1)c1cc(Cl)c(Cl)cc1[N+](=O)[O-]. The second kappa shape index (κ2) is 5.85. The van der Waals surface area contributed by atoms with Gasteiger partial charge < -0.3 is 10.0 Å². The van der Waals surface area contributed by atoms with Crippen LogP contribution in [0.15, 0.2) is 12.1 Å². The highest BCUT2D eigenvalue weighted by molar-refractivity contribution is 6.42. The Hall–Kier alpha value is -1.53. The van der Waals surface area contributed by atoms with E-state index in [9.17, 15) is 14.9 Å². The molecule has 2 rings (SSSR count). The maximum absolute atomic E-state index is 11.1. The second-order valence-corrected chi connectivity index (χ2v) is 5.54. The zero-order valence-corrected chi connectivity index (χ0v) is 11.9. The topological polar surface area (TPSA) is 83.7 Å². The summed E-state index contributed by atoms with van der Waals surface area (Å²) in [5, 5.41) is 20.3. The molecule has 0 unspecified atom stereocenters. The summed E-state index contributed by atoms with van der Waals surface area (Å²) >= 11 is 11.7. The van der Waals surface area contributed by atoms with Crippen molar-refractivity contribution in [3.63, 3.8) is 0 Å². The van der Waals surface area contributed by atoms with Crippen LogP contribution in [0.1, 0.15) is 12.8 Å². The maximum atomic E-state index is 11.1. The minimum absolute atomic E-state index is 0.0730. The molecule has 1 N–H and O–H groups in total. The van der Waals surface area contributed by atoms with Gasteiger partial charge in [-0.3, -0.25) is 14.9 Å². The minimum atomic E-state index is -1.05. The van der Waals surface area contributed by atoms with E-state index in [-0.39, 0.29) is 28.0 Å². The van der Waals surface area contributed by atoms with Crippen LogP contribution in [0.25, 0.3) is 0 Å². The van der Waals surface area contributed by atoms with Gasteiger partial charge in [-0.15, -0.1) is 0 Å². The van der Waals surface area contributed by atoms with Crippen LogP contribution in [-0.4, -0.2) is 29.1 Å². The third-order valence-corrected chi connectivity index (χ3v) is 3.78. The Morgan fingerprint density at radius 1 is 1.40 bits per heavy atom. The van der Waals surface area contributed by atoms with Crippen LogP contribution in [0.3, 0.4) is 0 Å². The molecule has 1 aliphatic carbocycles. The van der Waals surface area contributed by atoms with Crippen molar-refractivity contribution in [2.24, 2.45) is 5.92 Å². The van der Waals surface area contributed by atoms with Gasteiger partial charge in [-0.25, -0.2) is 0 Å². The van der Waals surface area contributed by atoms with Gasteiger partial charge in [0.2, 0.25) is 0 Å². The lowest BCUT2D eigenvalue weighted by Gasteiger charge is -2.22. The zero-order valence-electron chi connectivity index (χ0n) is 10.4. The fourth-order valence-corrected chi connectivity index (χ4v) is 2.26. The molecule has 0 radical (unpaired) electrons. The van der Waals surface area contributed by atoms with Gasteiger partial charge in [-0.2, -0.15) is 0 Å². The Morgan fingerprint density at radius 3 is 2.50 bits per heavy atom. The molecule has 6 nitrogen and oxygen atoms in total. The minimum Gasteiger partial charge on any atom is -0.480 e. The summed E-state index contributed by atoms with van der Waals surface area (Å²) < 4.78 is 0. The standard InChI is InChI=1S/C12H12Cl2N2O4/c13-8-3-10(11(16(19)20)4-9(8)14)15(6-12(17)18)5-7-1-2-7/h3-4,7H,1-2,5-6H2,(H,17,18). The molecule has 0 saturated heterocycles. The van der Waals surface area contributed by atoms with E-state index in [4.69, 9.17) is 28.3 Å². The number of rotatable bonds is 6. The summed E-state index contributed by atoms with van der Waals surface area (Å²) in [7, 11) is 0. The second-order valence-electron chi connectivity index (χ2n) is 4.73. The number of nitrogens with zero attached hydrogens (tertiary/aromatic N) is 2. The van der Waals surface area contributed by atoms with Crippen LogP contribution >= 0.6 is 23.2 Å². The number of nitro groups is 1. The fraction of sp³-hybridized carbons (Fsp3) is 0.417. The van der Waals surface area contributed by atoms with Crippen LogP contribution in [-0.2, 0) is 4.79 Å². The molecule has 0 bridgehead atoms. The molecule has 0 spiro atoms. The predicted molar refractivity (Wildman–Crippen MR) is 75.7 cm³/mol. The first-order chi connectivity index (χ1) is 9.38. The first-order valence-corrected chi connectivity index (χ1v) is 6.74. The van der Waals surface area contributed by atoms with E-state index in [1.165, 1.54) is 11.0 Å². The van der Waals surface area contributed by atoms with E-state index in [1.807, 2.05) is 0 Å². The molecule has 0 amide bonds. The molecule has 1 aromatic carbocycles. The number of anilines is 1. The van der Waals surface area contributed by atoms with Gasteiger partial charge in [0, 0.05) is 12.6 Å². The van der Waals surface area contributed by atoms with Crippen molar-refractivity contribution < 1.29 is 14.8 Å². The lowest BCUT2D eigenvalue weighted by Crippen LogP contribution is -2.32. The third kappa shape index (κ3) is 3.52. The summed E-state index contributed by atoms with van der Waals surface area (Å²) in [5.41, 5.74) is -0.0417. The quantitative estimate of drug-likeness (QED) is 0.643. The highest BCUT2D eigenvalue weighted by Gasteiger charge is 2.29. The Kier molecular flexibility index (Phi) is 4.35. The highest BCUT2D eigenvalue weighted by atomic mass is 35.5. The molecule has 20 heavy (non-hydrogen) atoms. The van der Waals surface area contributed by atoms with Crippen LogP contribution in [0.4, 0.5) is 11.4 Å². The van der Waals surface area contributed by atoms with E-state index in [2.05, 4.69) is 0 Å². The average molecular weight is 319 g/mol. The summed E-state index contributed by atoms with van der Waals surface area (Å²) in [6, 6.07) is 2.51. The van der Waals surface area contributed by atoms with Crippen LogP contribution < -0.4 is 4.90 Å². The largest absolute Gasteiger partial charge is 0.480 e. The summed E-state index contributed by atoms with van der Waals surface area (Å²) in [6.45, 7) is 0.153. The van der Waals surface area contributed by atoms with E-state index >= 15 is 0 Å². The van der Waals surface area contributed by atoms with Gasteiger partial charge in [-0.05, 0) is 24.8 Å². The number of benzene rings is 1. The lowest BCUT2D eigenvalue weighted by atomic mass is 10.2. The van der Waals surface area contributed by atoms with Gasteiger partial charge in [-0.1, -0.05) is 23.2 Å². The molecular weight excluding hydrogens is 307 g/mol. The van der Waals surface area contributed by atoms with Crippen molar-refractivity contribution in [2.45, 2.75) is 12.8 Å². The van der Waals surface area contributed by atoms with Gasteiger partial charge in [0.1, 0.15) is 12.2 Å². The number of carbonyl (C=O) groups is 1. The lowest BCUT2D eigenvalue weighted by molar-refractivity contribution is -0.384. The highest BCUT2D eigenvalue weighted by Crippen LogP contribution is 2.38. The van der Waals surface area contributed by atoms with Crippen molar-refractivity contribution in [3.05, 3.63) is 32.3 Å². The van der Waals surface area contributed by atoms with Crippen LogP contribution in [0.2, 0.25) is 10.0 Å². The molecular formula is C12H12Cl2N2O4. The first kappa shape index (κ1) is 14.9. The van der Waals surface area contributed by atoms with E-state index in [0.29, 0.717) is 12.5 Å². The first-order valence-electron chi connectivity index (χ1n) is 5.98. The van der Waals surface area contributed by atoms with Crippen molar-refractivity contribution in [3.8, 4) is 0 Å². The number of hydrogen-bond donors (Lipinski definition) is 1. The van der Waals surface area contributed by atoms with Crippen LogP contribution in [0, 0.1) is 16.0 Å². The number of hydrogen-bond acceptors (Lipinski definition) is 4. The normalized spacial score (nSPS) is 14.1. The number of carboxylic acid groups (broad SMARTS) is 1. The van der Waals surface area contributed by atoms with Crippen LogP contribution in [0.5, 0.6) is 0 Å². The monoisotopic (exact) mass is 318 g/mol. The molecule has 1 saturated carbocycles. The van der Waals surface area contributed by atoms with E-state index in [1.54, 1.807) is 0 Å². The smallest absolute Gasteiger partial charge is 0.323 e. The summed E-state index contributed by atoms with van der Waals surface area (Å²) in [5.74, 6) is -0.672. The zero-order chi connectivity index (χ0) is 14.9. The molecule has 0 heterocycles. The Morgan fingerprint density at radius 2 is 2.00 bits per heavy atom. The van der Waals surface area contributed by atoms with Gasteiger partial charge >= 0.3 is 5.97 Å². The number of aliphatic carboxylic acids is 1. The van der Waals surface area contributed by atoms with Gasteiger partial charge in [0.05, 0.1) is 15.0 Å². The van der Waals surface area contributed by atoms with Crippen molar-refractivity contribution in [1.82, 2.24) is 0 Å². The number of carboxylic acids is 1. The molecule has 108 valence electrons. The maximum Gasteiger partial charge on any atom is 0.323 e. The van der Waals surface area contributed by atoms with Crippen molar-refractivity contribution in [1.29, 1.82) is 0 Å². The molecule has 1 fully saturated rings. The van der Waals surface area contributed by atoms with E-state index < -0.39 is 10.9 Å². The molecule has 1 aromatic rings. The van der Waals surface area contributed by atoms with Gasteiger partial charge in [0.25, 0.3) is 5.69 Å². The molecule has 0 aromatic heterocycles. The molecule has 0 aliphatic heterocycles. The summed E-state index contributed by atoms with van der Waals surface area (Å²) in [4.78, 5) is 22.9. The molecule has 1 aliphatic rings. The van der Waals surface area contributed by atoms with Crippen molar-refractivity contribution >= 4 is 40.5 Å². The Balaban J connectivity index is 2.41. The Bertz CT molecular complexity index is 561. The number of halogens is 2. The fourth-order valence-electron chi connectivity index (χ4n) is 1.95. The Labute approximate surface area is 125 Å². The average Bonchev–Trinajstić information content (AvgIpc) is 3.14. The predicted octanol–water partition coefficient (Wildman–Crippen LogP) is 3.20. The van der Waals surface area contributed by atoms with E-state index in [0.717, 1.165) is 18.9 Å². The van der Waals surface area contributed by atoms with Crippen molar-refractivity contribution in [2.75, 3.05) is 18.0 Å². The summed E-state index contributed by atoms with van der Waals surface area (Å²) in [6.07, 6.45) is 2.01.